The number of H-pyrrole nitrogens is 2. The lowest BCUT2D eigenvalue weighted by Crippen LogP contribution is -3.14. The molecule has 6 aromatic heterocycles. The summed E-state index contributed by atoms with van der Waals surface area (Å²) in [6, 6.07) is 25.9. The number of benzene rings is 2. The average Bonchev–Trinajstić information content (AvgIpc) is 4.12. The van der Waals surface area contributed by atoms with E-state index in [2.05, 4.69) is 133 Å². The number of aromatic amines is 2. The van der Waals surface area contributed by atoms with Gasteiger partial charge in [0.05, 0.1) is 51.9 Å². The number of hydrogen-bond acceptors (Lipinski definition) is 5. The van der Waals surface area contributed by atoms with Gasteiger partial charge in [0, 0.05) is 80.0 Å². The summed E-state index contributed by atoms with van der Waals surface area (Å²) >= 11 is 9.01. The van der Waals surface area contributed by atoms with Crippen LogP contribution in [0.2, 0.25) is 0 Å². The van der Waals surface area contributed by atoms with Crippen LogP contribution in [0.5, 0.6) is 0 Å². The number of halogens is 4. The summed E-state index contributed by atoms with van der Waals surface area (Å²) in [5.74, 6) is 0.773. The van der Waals surface area contributed by atoms with E-state index >= 15 is 0 Å². The number of para-hydroxylation sites is 2. The quantitative estimate of drug-likeness (QED) is 0.145. The zero-order valence-corrected chi connectivity index (χ0v) is 37.9. The van der Waals surface area contributed by atoms with Gasteiger partial charge in [-0.1, -0.05) is 36.4 Å². The molecule has 8 heterocycles. The van der Waals surface area contributed by atoms with Gasteiger partial charge in [-0.15, -0.1) is 11.6 Å². The number of thiophene rings is 2. The molecule has 2 aliphatic heterocycles. The van der Waals surface area contributed by atoms with E-state index in [1.807, 2.05) is 18.5 Å². The van der Waals surface area contributed by atoms with Crippen molar-refractivity contribution in [3.05, 3.63) is 131 Å². The minimum absolute atomic E-state index is 0. The molecule has 0 atom stereocenters. The summed E-state index contributed by atoms with van der Waals surface area (Å²) in [6.07, 6.45) is 12.4. The SMILES string of the molecule is ClCC[NH+]1CCOCC1.[Cl-].[Cl-].[Cl-].c1ccc2c(-c3cncc(-c4ccsc4)c3)c[nH]c2c1.c1ccc2c(c1)c(-c1c[nH+]cc(-c3ccsc3)c1)cn2CC[NH+]1CCOCC1. The molecule has 0 radical (unpaired) electrons. The van der Waals surface area contributed by atoms with Crippen molar-refractivity contribution in [1.29, 1.82) is 0 Å². The molecule has 0 spiro atoms. The van der Waals surface area contributed by atoms with Crippen molar-refractivity contribution in [3.8, 4) is 44.5 Å². The largest absolute Gasteiger partial charge is 1.00 e. The van der Waals surface area contributed by atoms with E-state index in [1.54, 1.807) is 32.5 Å². The summed E-state index contributed by atoms with van der Waals surface area (Å²) in [5, 5.41) is 11.1. The van der Waals surface area contributed by atoms with Crippen molar-refractivity contribution in [2.45, 2.75) is 6.54 Å². The Morgan fingerprint density at radius 3 is 1.95 bits per heavy atom. The second-order valence-corrected chi connectivity index (χ2v) is 16.3. The number of nitrogens with one attached hydrogen (secondary N) is 4. The van der Waals surface area contributed by atoms with Gasteiger partial charge in [-0.3, -0.25) is 4.98 Å². The second kappa shape index (κ2) is 24.0. The highest BCUT2D eigenvalue weighted by atomic mass is 35.5. The number of fused-ring (bicyclic) bond motifs is 2. The van der Waals surface area contributed by atoms with Crippen molar-refractivity contribution in [2.75, 3.05) is 71.6 Å². The molecule has 0 unspecified atom stereocenters. The van der Waals surface area contributed by atoms with Gasteiger partial charge < -0.3 is 66.0 Å². The monoisotopic (exact) mass is 922 g/mol. The molecule has 10 rings (SSSR count). The number of ether oxygens (including phenoxy) is 2. The van der Waals surface area contributed by atoms with Crippen LogP contribution < -0.4 is 52.0 Å². The first kappa shape index (κ1) is 47.3. The molecule has 60 heavy (non-hydrogen) atoms. The zero-order chi connectivity index (χ0) is 38.7. The molecule has 8 nitrogen and oxygen atoms in total. The number of morpholine rings is 2. The molecule has 0 bridgehead atoms. The Kier molecular flexibility index (Phi) is 18.9. The smallest absolute Gasteiger partial charge is 0.174 e. The van der Waals surface area contributed by atoms with Crippen molar-refractivity contribution < 1.29 is 61.5 Å². The Balaban J connectivity index is 0.000000187. The summed E-state index contributed by atoms with van der Waals surface area (Å²) < 4.78 is 13.1. The zero-order valence-electron chi connectivity index (χ0n) is 33.2. The van der Waals surface area contributed by atoms with Gasteiger partial charge in [-0.05, 0) is 69.0 Å². The third kappa shape index (κ3) is 12.0. The Bertz CT molecular complexity index is 2440. The number of quaternary nitrogens is 2. The molecule has 2 aromatic carbocycles. The van der Waals surface area contributed by atoms with Crippen LogP contribution in [0.25, 0.3) is 66.3 Å². The molecule has 2 fully saturated rings. The molecule has 4 N–H and O–H groups in total. The number of rotatable bonds is 9. The van der Waals surface area contributed by atoms with Gasteiger partial charge in [-0.2, -0.15) is 22.7 Å². The topological polar surface area (TPSA) is 75.1 Å². The third-order valence-electron chi connectivity index (χ3n) is 10.8. The van der Waals surface area contributed by atoms with Crippen LogP contribution in [0, 0.1) is 0 Å². The summed E-state index contributed by atoms with van der Waals surface area (Å²) in [4.78, 5) is 14.3. The Hall–Kier alpha value is -3.78. The standard InChI is InChI=1S/C23H23N3OS.C17H12N2S.C6H12ClNO.3ClH/c1-2-4-23-21(3-1)22(16-26(23)7-6-25-8-10-27-11-9-25)20-13-19(14-24-15-20)18-5-12-28-17-18;1-2-4-17-15(3-1)16(10-19-17)14-7-13(8-18-9-14)12-5-6-20-11-12;7-1-2-8-3-5-9-6-4-8;;;/h1-5,12-17H,6-11H2;1-11,19H;1-6H2;3*1H. The van der Waals surface area contributed by atoms with Crippen molar-refractivity contribution in [1.82, 2.24) is 14.5 Å². The maximum atomic E-state index is 5.57. The van der Waals surface area contributed by atoms with Gasteiger partial charge in [0.2, 0.25) is 0 Å². The van der Waals surface area contributed by atoms with Crippen LogP contribution in [0.3, 0.4) is 0 Å². The van der Waals surface area contributed by atoms with E-state index in [-0.39, 0.29) is 37.2 Å². The van der Waals surface area contributed by atoms with Gasteiger partial charge in [0.15, 0.2) is 12.4 Å². The van der Waals surface area contributed by atoms with Crippen LogP contribution in [0.4, 0.5) is 0 Å². The first-order valence-electron chi connectivity index (χ1n) is 19.8. The Morgan fingerprint density at radius 2 is 1.27 bits per heavy atom. The highest BCUT2D eigenvalue weighted by Crippen LogP contribution is 2.33. The van der Waals surface area contributed by atoms with E-state index in [1.165, 1.54) is 49.7 Å². The normalized spacial score (nSPS) is 14.2. The highest BCUT2D eigenvalue weighted by molar-refractivity contribution is 7.08. The third-order valence-corrected chi connectivity index (χ3v) is 12.3. The number of nitrogens with zero attached hydrogens (tertiary/aromatic N) is 2. The average molecular weight is 925 g/mol. The van der Waals surface area contributed by atoms with Crippen molar-refractivity contribution in [2.24, 2.45) is 0 Å². The maximum Gasteiger partial charge on any atom is 0.174 e. The fraction of sp³-hybridized carbons (Fsp3) is 0.261. The molecule has 316 valence electrons. The first-order valence-corrected chi connectivity index (χ1v) is 22.2. The second-order valence-electron chi connectivity index (χ2n) is 14.4. The lowest BCUT2D eigenvalue weighted by Gasteiger charge is -2.23. The van der Waals surface area contributed by atoms with Crippen LogP contribution in [0.15, 0.2) is 131 Å². The van der Waals surface area contributed by atoms with E-state index in [0.29, 0.717) is 0 Å². The number of hydrogen-bond donors (Lipinski definition) is 3. The molecule has 14 heteroatoms. The van der Waals surface area contributed by atoms with Crippen molar-refractivity contribution in [3.63, 3.8) is 0 Å². The summed E-state index contributed by atoms with van der Waals surface area (Å²) in [5.41, 5.74) is 12.2. The Labute approximate surface area is 383 Å². The molecule has 0 amide bonds. The molecular formula is C46H50Cl4N6O2S2. The molecule has 8 aromatic rings. The number of aromatic nitrogens is 4. The molecule has 2 aliphatic rings. The molecule has 2 saturated heterocycles. The summed E-state index contributed by atoms with van der Waals surface area (Å²) in [7, 11) is 0. The lowest BCUT2D eigenvalue weighted by atomic mass is 10.0. The number of pyridine rings is 2. The Morgan fingerprint density at radius 1 is 0.667 bits per heavy atom. The van der Waals surface area contributed by atoms with Gasteiger partial charge in [0.1, 0.15) is 26.2 Å². The van der Waals surface area contributed by atoms with Crippen LogP contribution in [-0.4, -0.2) is 86.1 Å². The minimum Gasteiger partial charge on any atom is -1.00 e. The van der Waals surface area contributed by atoms with Gasteiger partial charge >= 0.3 is 0 Å². The molecule has 0 aliphatic carbocycles. The van der Waals surface area contributed by atoms with Gasteiger partial charge in [0.25, 0.3) is 0 Å². The predicted octanol–water partition coefficient (Wildman–Crippen LogP) is -2.12. The lowest BCUT2D eigenvalue weighted by molar-refractivity contribution is -0.908. The van der Waals surface area contributed by atoms with Crippen LogP contribution in [0.1, 0.15) is 0 Å². The predicted molar refractivity (Wildman–Crippen MR) is 236 cm³/mol. The van der Waals surface area contributed by atoms with E-state index in [0.717, 1.165) is 94.8 Å². The maximum absolute atomic E-state index is 5.57. The highest BCUT2D eigenvalue weighted by Gasteiger charge is 2.17. The molecular weight excluding hydrogens is 874 g/mol. The fourth-order valence-corrected chi connectivity index (χ4v) is 9.20. The van der Waals surface area contributed by atoms with E-state index in [4.69, 9.17) is 21.1 Å². The van der Waals surface area contributed by atoms with Crippen LogP contribution >= 0.6 is 34.3 Å². The van der Waals surface area contributed by atoms with Crippen molar-refractivity contribution >= 4 is 56.1 Å². The number of alkyl halides is 1. The van der Waals surface area contributed by atoms with E-state index < -0.39 is 0 Å². The minimum atomic E-state index is 0. The first-order chi connectivity index (χ1) is 28.2. The van der Waals surface area contributed by atoms with E-state index in [9.17, 15) is 0 Å². The van der Waals surface area contributed by atoms with Crippen LogP contribution in [-0.2, 0) is 16.0 Å². The molecule has 0 saturated carbocycles. The van der Waals surface area contributed by atoms with Gasteiger partial charge in [-0.25, -0.2) is 4.98 Å². The fourth-order valence-electron chi connectivity index (χ4n) is 7.60. The summed E-state index contributed by atoms with van der Waals surface area (Å²) in [6.45, 7) is 11.3.